The highest BCUT2D eigenvalue weighted by atomic mass is 79.9. The van der Waals surface area contributed by atoms with Crippen molar-refractivity contribution in [3.05, 3.63) is 74.2 Å². The van der Waals surface area contributed by atoms with Gasteiger partial charge >= 0.3 is 0 Å². The predicted molar refractivity (Wildman–Crippen MR) is 87.2 cm³/mol. The number of benzene rings is 2. The first-order valence-corrected chi connectivity index (χ1v) is 7.53. The Morgan fingerprint density at radius 2 is 1.52 bits per heavy atom. The molecule has 0 aliphatic heterocycles. The third-order valence-electron chi connectivity index (χ3n) is 3.47. The molecular weight excluding hydrogens is 332 g/mol. The van der Waals surface area contributed by atoms with E-state index in [2.05, 4.69) is 21.2 Å². The number of nitro groups is 1. The number of halogens is 1. The van der Waals surface area contributed by atoms with Crippen LogP contribution in [0.25, 0.3) is 0 Å². The second-order valence-corrected chi connectivity index (χ2v) is 5.80. The van der Waals surface area contributed by atoms with Gasteiger partial charge < -0.3 is 5.32 Å². The van der Waals surface area contributed by atoms with E-state index in [-0.39, 0.29) is 22.7 Å². The molecule has 1 N–H and O–H groups in total. The number of rotatable bonds is 5. The van der Waals surface area contributed by atoms with Crippen LogP contribution in [0.1, 0.15) is 37.1 Å². The summed E-state index contributed by atoms with van der Waals surface area (Å²) in [5.41, 5.74) is 1.97. The Morgan fingerprint density at radius 1 is 1.00 bits per heavy atom. The van der Waals surface area contributed by atoms with Crippen LogP contribution in [0, 0.1) is 10.1 Å². The maximum Gasteiger partial charge on any atom is 0.274 e. The number of nitrogens with one attached hydrogen (secondary N) is 1. The smallest absolute Gasteiger partial charge is 0.274 e. The van der Waals surface area contributed by atoms with E-state index < -0.39 is 0 Å². The summed E-state index contributed by atoms with van der Waals surface area (Å²) >= 11 is 3.53. The second kappa shape index (κ2) is 6.83. The minimum atomic E-state index is -0.337. The Balaban J connectivity index is 2.21. The van der Waals surface area contributed by atoms with Crippen molar-refractivity contribution in [2.24, 2.45) is 0 Å². The molecule has 2 unspecified atom stereocenters. The van der Waals surface area contributed by atoms with E-state index in [4.69, 9.17) is 0 Å². The maximum absolute atomic E-state index is 11.1. The fourth-order valence-electron chi connectivity index (χ4n) is 2.40. The fourth-order valence-corrected chi connectivity index (χ4v) is 3.03. The van der Waals surface area contributed by atoms with Crippen LogP contribution in [-0.4, -0.2) is 4.92 Å². The van der Waals surface area contributed by atoms with E-state index in [1.807, 2.05) is 44.2 Å². The molecular formula is C16H17BrN2O2. The van der Waals surface area contributed by atoms with Crippen LogP contribution in [0.3, 0.4) is 0 Å². The second-order valence-electron chi connectivity index (χ2n) is 4.95. The van der Waals surface area contributed by atoms with E-state index in [0.717, 1.165) is 10.0 Å². The van der Waals surface area contributed by atoms with Gasteiger partial charge in [0.15, 0.2) is 0 Å². The molecule has 21 heavy (non-hydrogen) atoms. The van der Waals surface area contributed by atoms with Gasteiger partial charge in [0.25, 0.3) is 5.69 Å². The largest absolute Gasteiger partial charge is 0.303 e. The molecule has 2 atom stereocenters. The highest BCUT2D eigenvalue weighted by molar-refractivity contribution is 9.10. The zero-order chi connectivity index (χ0) is 15.4. The van der Waals surface area contributed by atoms with Crippen molar-refractivity contribution in [2.75, 3.05) is 0 Å². The van der Waals surface area contributed by atoms with E-state index >= 15 is 0 Å². The molecule has 110 valence electrons. The molecule has 2 aromatic carbocycles. The van der Waals surface area contributed by atoms with Gasteiger partial charge in [0.05, 0.1) is 4.92 Å². The number of para-hydroxylation sites is 1. The molecule has 0 aliphatic carbocycles. The molecule has 0 spiro atoms. The van der Waals surface area contributed by atoms with E-state index in [1.165, 1.54) is 6.07 Å². The molecule has 0 amide bonds. The lowest BCUT2D eigenvalue weighted by atomic mass is 10.0. The lowest BCUT2D eigenvalue weighted by Crippen LogP contribution is -2.23. The van der Waals surface area contributed by atoms with Gasteiger partial charge in [-0.05, 0) is 25.5 Å². The molecule has 0 aliphatic rings. The van der Waals surface area contributed by atoms with Crippen LogP contribution in [-0.2, 0) is 0 Å². The van der Waals surface area contributed by atoms with Crippen LogP contribution in [0.4, 0.5) is 5.69 Å². The van der Waals surface area contributed by atoms with Gasteiger partial charge in [0.2, 0.25) is 0 Å². The molecule has 0 saturated carbocycles. The molecule has 0 radical (unpaired) electrons. The summed E-state index contributed by atoms with van der Waals surface area (Å²) in [5.74, 6) is 0. The molecule has 0 saturated heterocycles. The average Bonchev–Trinajstić information content (AvgIpc) is 2.47. The fraction of sp³-hybridized carbons (Fsp3) is 0.250. The van der Waals surface area contributed by atoms with Crippen molar-refractivity contribution in [3.8, 4) is 0 Å². The van der Waals surface area contributed by atoms with Crippen LogP contribution in [0.2, 0.25) is 0 Å². The van der Waals surface area contributed by atoms with Crippen LogP contribution in [0.5, 0.6) is 0 Å². The maximum atomic E-state index is 11.1. The Morgan fingerprint density at radius 3 is 2.14 bits per heavy atom. The van der Waals surface area contributed by atoms with E-state index in [0.29, 0.717) is 5.56 Å². The van der Waals surface area contributed by atoms with Gasteiger partial charge in [-0.2, -0.15) is 0 Å². The highest BCUT2D eigenvalue weighted by Gasteiger charge is 2.20. The van der Waals surface area contributed by atoms with Crippen molar-refractivity contribution < 1.29 is 4.92 Å². The molecule has 0 heterocycles. The topological polar surface area (TPSA) is 55.2 Å². The van der Waals surface area contributed by atoms with Crippen molar-refractivity contribution in [1.29, 1.82) is 0 Å². The number of hydrogen-bond acceptors (Lipinski definition) is 3. The molecule has 0 fully saturated rings. The number of nitro benzene ring substituents is 1. The number of hydrogen-bond donors (Lipinski definition) is 1. The minimum Gasteiger partial charge on any atom is -0.303 e. The van der Waals surface area contributed by atoms with Gasteiger partial charge in [-0.25, -0.2) is 0 Å². The van der Waals surface area contributed by atoms with Crippen molar-refractivity contribution in [1.82, 2.24) is 5.32 Å². The van der Waals surface area contributed by atoms with Gasteiger partial charge in [0.1, 0.15) is 0 Å². The molecule has 2 rings (SSSR count). The van der Waals surface area contributed by atoms with E-state index in [9.17, 15) is 10.1 Å². The minimum absolute atomic E-state index is 0.0791. The quantitative estimate of drug-likeness (QED) is 0.625. The molecule has 2 aromatic rings. The summed E-state index contributed by atoms with van der Waals surface area (Å²) in [5, 5.41) is 14.5. The first kappa shape index (κ1) is 15.7. The summed E-state index contributed by atoms with van der Waals surface area (Å²) in [6, 6.07) is 14.8. The van der Waals surface area contributed by atoms with Gasteiger partial charge in [0, 0.05) is 28.2 Å². The lowest BCUT2D eigenvalue weighted by Gasteiger charge is -2.21. The van der Waals surface area contributed by atoms with Crippen LogP contribution < -0.4 is 5.32 Å². The summed E-state index contributed by atoms with van der Waals surface area (Å²) in [6.07, 6.45) is 0. The standard InChI is InChI=1S/C16H17BrN2O2/c1-11(13-7-3-5-9-15(13)17)18-12(2)14-8-4-6-10-16(14)19(20)21/h3-12,18H,1-2H3. The first-order chi connectivity index (χ1) is 10.0. The zero-order valence-electron chi connectivity index (χ0n) is 11.9. The third kappa shape index (κ3) is 3.68. The Bertz CT molecular complexity index is 646. The normalized spacial score (nSPS) is 13.7. The molecule has 4 nitrogen and oxygen atoms in total. The summed E-state index contributed by atoms with van der Waals surface area (Å²) in [4.78, 5) is 10.8. The van der Waals surface area contributed by atoms with Crippen molar-refractivity contribution >= 4 is 21.6 Å². The third-order valence-corrected chi connectivity index (χ3v) is 4.19. The summed E-state index contributed by atoms with van der Waals surface area (Å²) in [6.45, 7) is 3.99. The zero-order valence-corrected chi connectivity index (χ0v) is 13.5. The van der Waals surface area contributed by atoms with Crippen LogP contribution >= 0.6 is 15.9 Å². The summed E-state index contributed by atoms with van der Waals surface area (Å²) in [7, 11) is 0. The lowest BCUT2D eigenvalue weighted by molar-refractivity contribution is -0.385. The predicted octanol–water partition coefficient (Wildman–Crippen LogP) is 4.77. The first-order valence-electron chi connectivity index (χ1n) is 6.74. The van der Waals surface area contributed by atoms with Gasteiger partial charge in [-0.1, -0.05) is 52.3 Å². The molecule has 0 bridgehead atoms. The Hall–Kier alpha value is -1.72. The monoisotopic (exact) mass is 348 g/mol. The van der Waals surface area contributed by atoms with Crippen molar-refractivity contribution in [2.45, 2.75) is 25.9 Å². The van der Waals surface area contributed by atoms with Crippen LogP contribution in [0.15, 0.2) is 53.0 Å². The van der Waals surface area contributed by atoms with Gasteiger partial charge in [-0.15, -0.1) is 0 Å². The van der Waals surface area contributed by atoms with Crippen molar-refractivity contribution in [3.63, 3.8) is 0 Å². The molecule has 5 heteroatoms. The van der Waals surface area contributed by atoms with Gasteiger partial charge in [-0.3, -0.25) is 10.1 Å². The highest BCUT2D eigenvalue weighted by Crippen LogP contribution is 2.29. The number of nitrogens with zero attached hydrogens (tertiary/aromatic N) is 1. The SMILES string of the molecule is CC(NC(C)c1ccccc1[N+](=O)[O-])c1ccccc1Br. The Labute approximate surface area is 132 Å². The average molecular weight is 349 g/mol. The van der Waals surface area contributed by atoms with E-state index in [1.54, 1.807) is 12.1 Å². The summed E-state index contributed by atoms with van der Waals surface area (Å²) < 4.78 is 1.03. The molecule has 0 aromatic heterocycles. The Kier molecular flexibility index (Phi) is 5.09.